The van der Waals surface area contributed by atoms with Gasteiger partial charge in [0.1, 0.15) is 0 Å². The van der Waals surface area contributed by atoms with Crippen LogP contribution in [-0.4, -0.2) is 18.4 Å². The van der Waals surface area contributed by atoms with Crippen LogP contribution in [0.5, 0.6) is 0 Å². The number of benzene rings is 2. The summed E-state index contributed by atoms with van der Waals surface area (Å²) in [7, 11) is 0. The first-order valence-corrected chi connectivity index (χ1v) is 7.16. The van der Waals surface area contributed by atoms with Gasteiger partial charge in [0.2, 0.25) is 5.91 Å². The molecular formula is C17H19N3O2. The Kier molecular flexibility index (Phi) is 5.68. The van der Waals surface area contributed by atoms with Crippen molar-refractivity contribution in [3.05, 3.63) is 60.2 Å². The van der Waals surface area contributed by atoms with Gasteiger partial charge in [0.25, 0.3) is 5.91 Å². The van der Waals surface area contributed by atoms with Crippen LogP contribution in [0, 0.1) is 0 Å². The molecule has 5 heteroatoms. The highest BCUT2D eigenvalue weighted by Crippen LogP contribution is 2.22. The third-order valence-corrected chi connectivity index (χ3v) is 3.09. The van der Waals surface area contributed by atoms with Gasteiger partial charge >= 0.3 is 0 Å². The second-order valence-electron chi connectivity index (χ2n) is 4.81. The molecule has 5 nitrogen and oxygen atoms in total. The molecule has 0 radical (unpaired) electrons. The Bertz CT molecular complexity index is 641. The summed E-state index contributed by atoms with van der Waals surface area (Å²) in [4.78, 5) is 24.0. The van der Waals surface area contributed by atoms with Gasteiger partial charge < -0.3 is 16.4 Å². The second-order valence-corrected chi connectivity index (χ2v) is 4.81. The SMILES string of the molecule is NCCCC(=O)Nc1ccccc1NC(=O)c1ccccc1. The zero-order valence-electron chi connectivity index (χ0n) is 12.2. The molecule has 114 valence electrons. The Labute approximate surface area is 129 Å². The van der Waals surface area contributed by atoms with Gasteiger partial charge in [0, 0.05) is 12.0 Å². The fourth-order valence-corrected chi connectivity index (χ4v) is 1.96. The fourth-order valence-electron chi connectivity index (χ4n) is 1.96. The van der Waals surface area contributed by atoms with E-state index in [1.54, 1.807) is 48.5 Å². The third kappa shape index (κ3) is 4.43. The number of hydrogen-bond donors (Lipinski definition) is 3. The summed E-state index contributed by atoms with van der Waals surface area (Å²) < 4.78 is 0. The molecule has 22 heavy (non-hydrogen) atoms. The third-order valence-electron chi connectivity index (χ3n) is 3.09. The first-order valence-electron chi connectivity index (χ1n) is 7.16. The van der Waals surface area contributed by atoms with E-state index in [-0.39, 0.29) is 11.8 Å². The summed E-state index contributed by atoms with van der Waals surface area (Å²) in [6.07, 6.45) is 0.988. The standard InChI is InChI=1S/C17H19N3O2/c18-12-6-11-16(21)19-14-9-4-5-10-15(14)20-17(22)13-7-2-1-3-8-13/h1-5,7-10H,6,11-12,18H2,(H,19,21)(H,20,22). The molecule has 2 aromatic carbocycles. The van der Waals surface area contributed by atoms with Crippen LogP contribution < -0.4 is 16.4 Å². The van der Waals surface area contributed by atoms with Crippen molar-refractivity contribution in [2.24, 2.45) is 5.73 Å². The lowest BCUT2D eigenvalue weighted by Crippen LogP contribution is -2.17. The smallest absolute Gasteiger partial charge is 0.255 e. The van der Waals surface area contributed by atoms with Crippen molar-refractivity contribution in [2.45, 2.75) is 12.8 Å². The molecule has 0 heterocycles. The Balaban J connectivity index is 2.08. The average Bonchev–Trinajstić information content (AvgIpc) is 2.55. The van der Waals surface area contributed by atoms with E-state index >= 15 is 0 Å². The summed E-state index contributed by atoms with van der Waals surface area (Å²) in [6.45, 7) is 0.472. The average molecular weight is 297 g/mol. The Morgan fingerprint density at radius 2 is 1.45 bits per heavy atom. The fraction of sp³-hybridized carbons (Fsp3) is 0.176. The summed E-state index contributed by atoms with van der Waals surface area (Å²) in [5.41, 5.74) is 7.10. The van der Waals surface area contributed by atoms with E-state index in [2.05, 4.69) is 10.6 Å². The van der Waals surface area contributed by atoms with Crippen molar-refractivity contribution in [2.75, 3.05) is 17.2 Å². The molecule has 0 spiro atoms. The van der Waals surface area contributed by atoms with E-state index < -0.39 is 0 Å². The minimum absolute atomic E-state index is 0.119. The number of rotatable bonds is 6. The molecule has 0 fully saturated rings. The number of carbonyl (C=O) groups excluding carboxylic acids is 2. The molecule has 4 N–H and O–H groups in total. The van der Waals surface area contributed by atoms with Gasteiger partial charge in [-0.1, -0.05) is 30.3 Å². The zero-order chi connectivity index (χ0) is 15.8. The number of carbonyl (C=O) groups is 2. The highest BCUT2D eigenvalue weighted by molar-refractivity contribution is 6.07. The molecular weight excluding hydrogens is 278 g/mol. The lowest BCUT2D eigenvalue weighted by Gasteiger charge is -2.12. The molecule has 0 aliphatic heterocycles. The Hall–Kier alpha value is -2.66. The maximum absolute atomic E-state index is 12.2. The van der Waals surface area contributed by atoms with Crippen molar-refractivity contribution < 1.29 is 9.59 Å². The molecule has 0 bridgehead atoms. The van der Waals surface area contributed by atoms with Crippen molar-refractivity contribution in [1.82, 2.24) is 0 Å². The van der Waals surface area contributed by atoms with Gasteiger partial charge in [-0.2, -0.15) is 0 Å². The Morgan fingerprint density at radius 1 is 0.864 bits per heavy atom. The number of anilines is 2. The van der Waals surface area contributed by atoms with Crippen LogP contribution in [0.1, 0.15) is 23.2 Å². The molecule has 0 aliphatic carbocycles. The first kappa shape index (κ1) is 15.7. The molecule has 0 atom stereocenters. The maximum atomic E-state index is 12.2. The predicted octanol–water partition coefficient (Wildman–Crippen LogP) is 2.62. The van der Waals surface area contributed by atoms with Gasteiger partial charge in [-0.25, -0.2) is 0 Å². The normalized spacial score (nSPS) is 10.0. The van der Waals surface area contributed by atoms with E-state index in [9.17, 15) is 9.59 Å². The lowest BCUT2D eigenvalue weighted by atomic mass is 10.2. The predicted molar refractivity (Wildman–Crippen MR) is 87.8 cm³/mol. The van der Waals surface area contributed by atoms with E-state index in [1.165, 1.54) is 0 Å². The second kappa shape index (κ2) is 7.95. The molecule has 2 amide bonds. The van der Waals surface area contributed by atoms with Crippen LogP contribution >= 0.6 is 0 Å². The van der Waals surface area contributed by atoms with Gasteiger partial charge in [0.15, 0.2) is 0 Å². The number of nitrogens with two attached hydrogens (primary N) is 1. The quantitative estimate of drug-likeness (QED) is 0.766. The van der Waals surface area contributed by atoms with Gasteiger partial charge in [-0.05, 0) is 37.2 Å². The monoisotopic (exact) mass is 297 g/mol. The summed E-state index contributed by atoms with van der Waals surface area (Å²) in [5, 5.41) is 5.60. The van der Waals surface area contributed by atoms with E-state index in [0.717, 1.165) is 0 Å². The Morgan fingerprint density at radius 3 is 2.09 bits per heavy atom. The highest BCUT2D eigenvalue weighted by atomic mass is 16.2. The van der Waals surface area contributed by atoms with E-state index in [4.69, 9.17) is 5.73 Å². The van der Waals surface area contributed by atoms with Crippen LogP contribution in [-0.2, 0) is 4.79 Å². The van der Waals surface area contributed by atoms with Crippen LogP contribution in [0.3, 0.4) is 0 Å². The van der Waals surface area contributed by atoms with Crippen LogP contribution in [0.25, 0.3) is 0 Å². The van der Waals surface area contributed by atoms with Crippen molar-refractivity contribution in [1.29, 1.82) is 0 Å². The van der Waals surface area contributed by atoms with E-state index in [0.29, 0.717) is 36.3 Å². The van der Waals surface area contributed by atoms with Crippen LogP contribution in [0.2, 0.25) is 0 Å². The first-order chi connectivity index (χ1) is 10.7. The summed E-state index contributed by atoms with van der Waals surface area (Å²) in [6, 6.07) is 16.0. The van der Waals surface area contributed by atoms with Gasteiger partial charge in [-0.15, -0.1) is 0 Å². The number of nitrogens with one attached hydrogen (secondary N) is 2. The number of hydrogen-bond acceptors (Lipinski definition) is 3. The van der Waals surface area contributed by atoms with Crippen LogP contribution in [0.15, 0.2) is 54.6 Å². The molecule has 2 rings (SSSR count). The zero-order valence-corrected chi connectivity index (χ0v) is 12.2. The largest absolute Gasteiger partial charge is 0.330 e. The van der Waals surface area contributed by atoms with E-state index in [1.807, 2.05) is 6.07 Å². The summed E-state index contributed by atoms with van der Waals surface area (Å²) >= 11 is 0. The molecule has 0 saturated carbocycles. The molecule has 0 saturated heterocycles. The highest BCUT2D eigenvalue weighted by Gasteiger charge is 2.10. The minimum atomic E-state index is -0.218. The van der Waals surface area contributed by atoms with Crippen LogP contribution in [0.4, 0.5) is 11.4 Å². The minimum Gasteiger partial charge on any atom is -0.330 e. The van der Waals surface area contributed by atoms with Gasteiger partial charge in [0.05, 0.1) is 11.4 Å². The van der Waals surface area contributed by atoms with Crippen molar-refractivity contribution >= 4 is 23.2 Å². The van der Waals surface area contributed by atoms with Crippen molar-refractivity contribution in [3.63, 3.8) is 0 Å². The van der Waals surface area contributed by atoms with Crippen molar-refractivity contribution in [3.8, 4) is 0 Å². The molecule has 0 unspecified atom stereocenters. The molecule has 0 aliphatic rings. The molecule has 2 aromatic rings. The van der Waals surface area contributed by atoms with Gasteiger partial charge in [-0.3, -0.25) is 9.59 Å². The number of amides is 2. The maximum Gasteiger partial charge on any atom is 0.255 e. The summed E-state index contributed by atoms with van der Waals surface area (Å²) in [5.74, 6) is -0.337. The number of para-hydroxylation sites is 2. The molecule has 0 aromatic heterocycles. The lowest BCUT2D eigenvalue weighted by molar-refractivity contribution is -0.116. The topological polar surface area (TPSA) is 84.2 Å².